The molecule has 1 amide bonds. The summed E-state index contributed by atoms with van der Waals surface area (Å²) in [7, 11) is 0. The van der Waals surface area contributed by atoms with Crippen LogP contribution in [0, 0.1) is 0 Å². The van der Waals surface area contributed by atoms with Gasteiger partial charge in [-0.3, -0.25) is 10.1 Å². The highest BCUT2D eigenvalue weighted by Crippen LogP contribution is 2.42. The quantitative estimate of drug-likeness (QED) is 0.859. The summed E-state index contributed by atoms with van der Waals surface area (Å²) in [5.74, 6) is 0.223. The second kappa shape index (κ2) is 4.03. The van der Waals surface area contributed by atoms with Crippen molar-refractivity contribution in [2.45, 2.75) is 50.0 Å². The Balaban J connectivity index is 1.66. The Morgan fingerprint density at radius 3 is 2.71 bits per heavy atom. The predicted octanol–water partition coefficient (Wildman–Crippen LogP) is 1.66. The van der Waals surface area contributed by atoms with Crippen LogP contribution in [0.4, 0.5) is 5.13 Å². The second-order valence-corrected chi connectivity index (χ2v) is 5.92. The largest absolute Gasteiger partial charge is 0.380 e. The summed E-state index contributed by atoms with van der Waals surface area (Å²) in [5, 5.41) is 22.3. The van der Waals surface area contributed by atoms with E-state index in [1.165, 1.54) is 24.2 Å². The lowest BCUT2D eigenvalue weighted by Crippen LogP contribution is -2.40. The minimum absolute atomic E-state index is 0.325. The van der Waals surface area contributed by atoms with Gasteiger partial charge in [0.2, 0.25) is 5.13 Å². The molecule has 0 spiro atoms. The molecule has 1 heterocycles. The molecule has 0 radical (unpaired) electrons. The Hall–Kier alpha value is -1.01. The van der Waals surface area contributed by atoms with Gasteiger partial charge in [-0.05, 0) is 38.5 Å². The fourth-order valence-corrected chi connectivity index (χ4v) is 3.09. The second-order valence-electron chi connectivity index (χ2n) is 4.91. The molecule has 6 heteroatoms. The average Bonchev–Trinajstić information content (AvgIpc) is 2.89. The number of aliphatic hydroxyl groups is 1. The van der Waals surface area contributed by atoms with Gasteiger partial charge in [-0.1, -0.05) is 11.3 Å². The van der Waals surface area contributed by atoms with Gasteiger partial charge in [-0.2, -0.15) is 0 Å². The van der Waals surface area contributed by atoms with Crippen LogP contribution >= 0.6 is 11.3 Å². The van der Waals surface area contributed by atoms with Gasteiger partial charge in [0.15, 0.2) is 0 Å². The van der Waals surface area contributed by atoms with Crippen LogP contribution in [-0.2, 0) is 4.79 Å². The first-order chi connectivity index (χ1) is 8.17. The molecule has 2 saturated carbocycles. The van der Waals surface area contributed by atoms with Crippen molar-refractivity contribution in [1.29, 1.82) is 0 Å². The molecule has 1 aromatic rings. The van der Waals surface area contributed by atoms with Crippen molar-refractivity contribution < 1.29 is 9.90 Å². The first-order valence-electron chi connectivity index (χ1n) is 6.05. The van der Waals surface area contributed by atoms with Crippen molar-refractivity contribution >= 4 is 22.4 Å². The number of nitrogens with one attached hydrogen (secondary N) is 1. The van der Waals surface area contributed by atoms with E-state index in [1.807, 2.05) is 0 Å². The third-order valence-electron chi connectivity index (χ3n) is 3.44. The first-order valence-corrected chi connectivity index (χ1v) is 6.86. The molecule has 92 valence electrons. The highest BCUT2D eigenvalue weighted by Gasteiger charge is 2.39. The fraction of sp³-hybridized carbons (Fsp3) is 0.727. The summed E-state index contributed by atoms with van der Waals surface area (Å²) in [5.41, 5.74) is -1.19. The monoisotopic (exact) mass is 253 g/mol. The smallest absolute Gasteiger partial charge is 0.258 e. The number of aromatic nitrogens is 2. The number of nitrogens with zero attached hydrogens (tertiary/aromatic N) is 2. The van der Waals surface area contributed by atoms with Crippen LogP contribution in [0.5, 0.6) is 0 Å². The summed E-state index contributed by atoms with van der Waals surface area (Å²) >= 11 is 1.42. The molecular formula is C11H15N3O2S. The lowest BCUT2D eigenvalue weighted by atomic mass is 10.0. The van der Waals surface area contributed by atoms with Crippen molar-refractivity contribution in [3.05, 3.63) is 5.01 Å². The minimum Gasteiger partial charge on any atom is -0.380 e. The molecule has 17 heavy (non-hydrogen) atoms. The molecule has 2 N–H and O–H groups in total. The van der Waals surface area contributed by atoms with E-state index in [4.69, 9.17) is 0 Å². The van der Waals surface area contributed by atoms with Crippen LogP contribution < -0.4 is 5.32 Å². The van der Waals surface area contributed by atoms with Crippen molar-refractivity contribution in [2.75, 3.05) is 5.32 Å². The molecular weight excluding hydrogens is 238 g/mol. The van der Waals surface area contributed by atoms with Crippen LogP contribution in [0.2, 0.25) is 0 Å². The van der Waals surface area contributed by atoms with E-state index in [0.717, 1.165) is 17.8 Å². The molecule has 2 fully saturated rings. The first kappa shape index (κ1) is 11.1. The predicted molar refractivity (Wildman–Crippen MR) is 63.9 cm³/mol. The number of amides is 1. The maximum absolute atomic E-state index is 11.9. The minimum atomic E-state index is -1.19. The number of anilines is 1. The van der Waals surface area contributed by atoms with Crippen molar-refractivity contribution in [1.82, 2.24) is 10.2 Å². The van der Waals surface area contributed by atoms with E-state index >= 15 is 0 Å². The number of hydrogen-bond donors (Lipinski definition) is 2. The number of carbonyl (C=O) groups is 1. The van der Waals surface area contributed by atoms with E-state index in [1.54, 1.807) is 0 Å². The molecule has 0 saturated heterocycles. The third-order valence-corrected chi connectivity index (χ3v) is 4.44. The Morgan fingerprint density at radius 2 is 2.06 bits per heavy atom. The van der Waals surface area contributed by atoms with Crippen LogP contribution in [0.1, 0.15) is 49.5 Å². The van der Waals surface area contributed by atoms with Gasteiger partial charge in [0.05, 0.1) is 0 Å². The number of hydrogen-bond acceptors (Lipinski definition) is 5. The van der Waals surface area contributed by atoms with E-state index in [2.05, 4.69) is 15.5 Å². The zero-order valence-corrected chi connectivity index (χ0v) is 10.3. The van der Waals surface area contributed by atoms with Gasteiger partial charge >= 0.3 is 0 Å². The molecule has 0 bridgehead atoms. The lowest BCUT2D eigenvalue weighted by Gasteiger charge is -2.19. The molecule has 0 atom stereocenters. The average molecular weight is 253 g/mol. The van der Waals surface area contributed by atoms with Crippen molar-refractivity contribution in [3.63, 3.8) is 0 Å². The van der Waals surface area contributed by atoms with Gasteiger partial charge < -0.3 is 5.11 Å². The molecule has 3 rings (SSSR count). The highest BCUT2D eigenvalue weighted by molar-refractivity contribution is 7.15. The van der Waals surface area contributed by atoms with E-state index in [0.29, 0.717) is 23.9 Å². The van der Waals surface area contributed by atoms with Gasteiger partial charge in [0.25, 0.3) is 5.91 Å². The zero-order chi connectivity index (χ0) is 11.9. The van der Waals surface area contributed by atoms with E-state index in [-0.39, 0.29) is 5.91 Å². The van der Waals surface area contributed by atoms with Crippen LogP contribution in [0.15, 0.2) is 0 Å². The normalized spacial score (nSPS) is 22.6. The number of rotatable bonds is 3. The Kier molecular flexibility index (Phi) is 2.63. The van der Waals surface area contributed by atoms with Crippen LogP contribution in [0.25, 0.3) is 0 Å². The van der Waals surface area contributed by atoms with Crippen LogP contribution in [-0.4, -0.2) is 26.8 Å². The summed E-state index contributed by atoms with van der Waals surface area (Å²) in [4.78, 5) is 11.9. The molecule has 0 aliphatic heterocycles. The highest BCUT2D eigenvalue weighted by atomic mass is 32.1. The zero-order valence-electron chi connectivity index (χ0n) is 9.48. The molecule has 2 aliphatic carbocycles. The maximum atomic E-state index is 11.9. The van der Waals surface area contributed by atoms with E-state index < -0.39 is 5.60 Å². The van der Waals surface area contributed by atoms with Gasteiger partial charge in [0, 0.05) is 5.92 Å². The van der Waals surface area contributed by atoms with Gasteiger partial charge in [-0.15, -0.1) is 10.2 Å². The van der Waals surface area contributed by atoms with Crippen molar-refractivity contribution in [2.24, 2.45) is 0 Å². The summed E-state index contributed by atoms with van der Waals surface area (Å²) < 4.78 is 0. The standard InChI is InChI=1S/C11H15N3O2S/c15-9(11(16)5-1-2-6-11)12-10-14-13-8(17-10)7-3-4-7/h7,16H,1-6H2,(H,12,14,15). The lowest BCUT2D eigenvalue weighted by molar-refractivity contribution is -0.133. The Bertz CT molecular complexity index is 436. The molecule has 1 aromatic heterocycles. The van der Waals surface area contributed by atoms with Gasteiger partial charge in [0.1, 0.15) is 10.6 Å². The van der Waals surface area contributed by atoms with E-state index in [9.17, 15) is 9.90 Å². The maximum Gasteiger partial charge on any atom is 0.258 e. The SMILES string of the molecule is O=C(Nc1nnc(C2CC2)s1)C1(O)CCCC1. The summed E-state index contributed by atoms with van der Waals surface area (Å²) in [6.07, 6.45) is 5.26. The summed E-state index contributed by atoms with van der Waals surface area (Å²) in [6.45, 7) is 0. The van der Waals surface area contributed by atoms with Crippen LogP contribution in [0.3, 0.4) is 0 Å². The third kappa shape index (κ3) is 2.19. The molecule has 5 nitrogen and oxygen atoms in total. The number of carbonyl (C=O) groups excluding carboxylic acids is 1. The summed E-state index contributed by atoms with van der Waals surface area (Å²) in [6, 6.07) is 0. The molecule has 0 unspecified atom stereocenters. The Labute approximate surface area is 103 Å². The molecule has 0 aromatic carbocycles. The Morgan fingerprint density at radius 1 is 1.35 bits per heavy atom. The fourth-order valence-electron chi connectivity index (χ4n) is 2.18. The van der Waals surface area contributed by atoms with Crippen molar-refractivity contribution in [3.8, 4) is 0 Å². The molecule has 2 aliphatic rings. The van der Waals surface area contributed by atoms with Gasteiger partial charge in [-0.25, -0.2) is 0 Å². The topological polar surface area (TPSA) is 75.1 Å².